The molecule has 30 heavy (non-hydrogen) atoms. The minimum absolute atomic E-state index is 0.0796. The summed E-state index contributed by atoms with van der Waals surface area (Å²) < 4.78 is 20.6. The third-order valence-electron chi connectivity index (χ3n) is 5.46. The second kappa shape index (κ2) is 9.09. The fourth-order valence-electron chi connectivity index (χ4n) is 3.83. The Balaban J connectivity index is 1.46. The molecule has 1 aliphatic heterocycles. The number of amides is 1. The molecule has 6 nitrogen and oxygen atoms in total. The number of likely N-dealkylation sites (tertiary alicyclic amines) is 1. The molecule has 1 saturated heterocycles. The maximum atomic E-state index is 14.0. The highest BCUT2D eigenvalue weighted by molar-refractivity contribution is 5.92. The van der Waals surface area contributed by atoms with Crippen LogP contribution in [0.15, 0.2) is 60.8 Å². The van der Waals surface area contributed by atoms with Crippen molar-refractivity contribution in [1.82, 2.24) is 20.0 Å². The summed E-state index contributed by atoms with van der Waals surface area (Å²) in [6, 6.07) is 16.0. The molecule has 1 atom stereocenters. The van der Waals surface area contributed by atoms with E-state index in [1.807, 2.05) is 24.3 Å². The number of rotatable bonds is 7. The average Bonchev–Trinajstić information content (AvgIpc) is 3.47. The fraction of sp³-hybridized carbons (Fsp3) is 0.304. The molecule has 1 N–H and O–H groups in total. The molecule has 2 heterocycles. The zero-order valence-corrected chi connectivity index (χ0v) is 16.9. The summed E-state index contributed by atoms with van der Waals surface area (Å²) >= 11 is 0. The van der Waals surface area contributed by atoms with Gasteiger partial charge in [-0.2, -0.15) is 5.10 Å². The molecule has 0 bridgehead atoms. The average molecular weight is 408 g/mol. The van der Waals surface area contributed by atoms with Crippen LogP contribution in [0, 0.1) is 5.82 Å². The molecule has 1 amide bonds. The van der Waals surface area contributed by atoms with Crippen LogP contribution in [0.5, 0.6) is 5.75 Å². The molecule has 0 radical (unpaired) electrons. The lowest BCUT2D eigenvalue weighted by Crippen LogP contribution is -2.37. The predicted octanol–water partition coefficient (Wildman–Crippen LogP) is 3.59. The van der Waals surface area contributed by atoms with Gasteiger partial charge in [0.15, 0.2) is 5.69 Å². The minimum atomic E-state index is -0.388. The van der Waals surface area contributed by atoms with Crippen LogP contribution >= 0.6 is 0 Å². The van der Waals surface area contributed by atoms with Crippen LogP contribution in [0.2, 0.25) is 0 Å². The van der Waals surface area contributed by atoms with Gasteiger partial charge in [-0.25, -0.2) is 9.07 Å². The monoisotopic (exact) mass is 408 g/mol. The first-order valence-electron chi connectivity index (χ1n) is 10.1. The lowest BCUT2D eigenvalue weighted by atomic mass is 10.1. The number of nitrogens with one attached hydrogen (secondary N) is 1. The Morgan fingerprint density at radius 1 is 1.13 bits per heavy atom. The summed E-state index contributed by atoms with van der Waals surface area (Å²) in [6.45, 7) is 2.49. The number of hydrogen-bond acceptors (Lipinski definition) is 4. The van der Waals surface area contributed by atoms with E-state index < -0.39 is 0 Å². The summed E-state index contributed by atoms with van der Waals surface area (Å²) in [5.74, 6) is 0.144. The van der Waals surface area contributed by atoms with Crippen molar-refractivity contribution in [3.8, 4) is 11.4 Å². The van der Waals surface area contributed by atoms with Gasteiger partial charge in [0, 0.05) is 12.7 Å². The maximum Gasteiger partial charge on any atom is 0.271 e. The summed E-state index contributed by atoms with van der Waals surface area (Å²) in [7, 11) is 1.65. The Hall–Kier alpha value is -3.19. The van der Waals surface area contributed by atoms with Crippen molar-refractivity contribution in [1.29, 1.82) is 0 Å². The normalized spacial score (nSPS) is 15.1. The standard InChI is InChI=1S/C23H25FN4O2/c1-30-18-10-8-17(9-11-18)22(27-13-4-5-14-27)16-25-23(29)20-12-15-28(26-20)21-7-3-2-6-19(21)24/h2-3,6-12,15,22H,4-5,13-14,16H2,1H3,(H,25,29). The van der Waals surface area contributed by atoms with Crippen molar-refractivity contribution in [3.05, 3.63) is 77.9 Å². The zero-order chi connectivity index (χ0) is 20.9. The van der Waals surface area contributed by atoms with Gasteiger partial charge in [0.25, 0.3) is 5.91 Å². The lowest BCUT2D eigenvalue weighted by Gasteiger charge is -2.28. The van der Waals surface area contributed by atoms with E-state index in [0.29, 0.717) is 12.2 Å². The van der Waals surface area contributed by atoms with Gasteiger partial charge in [-0.1, -0.05) is 24.3 Å². The van der Waals surface area contributed by atoms with E-state index in [0.717, 1.165) is 37.2 Å². The highest BCUT2D eigenvalue weighted by Crippen LogP contribution is 2.26. The second-order valence-electron chi connectivity index (χ2n) is 7.34. The summed E-state index contributed by atoms with van der Waals surface area (Å²) in [6.07, 6.45) is 3.91. The Morgan fingerprint density at radius 3 is 2.57 bits per heavy atom. The number of benzene rings is 2. The first kappa shape index (κ1) is 20.1. The van der Waals surface area contributed by atoms with Gasteiger partial charge in [-0.3, -0.25) is 9.69 Å². The van der Waals surface area contributed by atoms with Crippen LogP contribution in [-0.2, 0) is 0 Å². The highest BCUT2D eigenvalue weighted by Gasteiger charge is 2.24. The van der Waals surface area contributed by atoms with Crippen LogP contribution in [0.1, 0.15) is 34.9 Å². The van der Waals surface area contributed by atoms with E-state index >= 15 is 0 Å². The van der Waals surface area contributed by atoms with Crippen LogP contribution in [0.4, 0.5) is 4.39 Å². The van der Waals surface area contributed by atoms with Crippen LogP contribution in [0.3, 0.4) is 0 Å². The molecule has 1 unspecified atom stereocenters. The molecule has 0 spiro atoms. The number of para-hydroxylation sites is 1. The largest absolute Gasteiger partial charge is 0.497 e. The Morgan fingerprint density at radius 2 is 1.87 bits per heavy atom. The molecule has 156 valence electrons. The first-order chi connectivity index (χ1) is 14.7. The molecular weight excluding hydrogens is 383 g/mol. The molecule has 0 saturated carbocycles. The molecule has 1 aliphatic rings. The quantitative estimate of drug-likeness (QED) is 0.649. The summed E-state index contributed by atoms with van der Waals surface area (Å²) in [4.78, 5) is 15.1. The van der Waals surface area contributed by atoms with E-state index in [2.05, 4.69) is 15.3 Å². The zero-order valence-electron chi connectivity index (χ0n) is 16.9. The molecule has 4 rings (SSSR count). The van der Waals surface area contributed by atoms with Crippen molar-refractivity contribution < 1.29 is 13.9 Å². The van der Waals surface area contributed by atoms with Crippen molar-refractivity contribution in [2.24, 2.45) is 0 Å². The van der Waals surface area contributed by atoms with Crippen LogP contribution in [-0.4, -0.2) is 47.3 Å². The maximum absolute atomic E-state index is 14.0. The Kier molecular flexibility index (Phi) is 6.09. The van der Waals surface area contributed by atoms with E-state index in [9.17, 15) is 9.18 Å². The van der Waals surface area contributed by atoms with Gasteiger partial charge in [0.05, 0.1) is 13.2 Å². The molecule has 1 fully saturated rings. The number of aromatic nitrogens is 2. The molecule has 7 heteroatoms. The van der Waals surface area contributed by atoms with E-state index in [1.54, 1.807) is 37.6 Å². The minimum Gasteiger partial charge on any atom is -0.497 e. The molecule has 2 aromatic carbocycles. The number of nitrogens with zero attached hydrogens (tertiary/aromatic N) is 3. The van der Waals surface area contributed by atoms with Crippen molar-refractivity contribution in [3.63, 3.8) is 0 Å². The first-order valence-corrected chi connectivity index (χ1v) is 10.1. The van der Waals surface area contributed by atoms with Crippen LogP contribution < -0.4 is 10.1 Å². The van der Waals surface area contributed by atoms with Crippen molar-refractivity contribution in [2.45, 2.75) is 18.9 Å². The van der Waals surface area contributed by atoms with Crippen molar-refractivity contribution >= 4 is 5.91 Å². The second-order valence-corrected chi connectivity index (χ2v) is 7.34. The highest BCUT2D eigenvalue weighted by atomic mass is 19.1. The number of ether oxygens (including phenoxy) is 1. The number of methoxy groups -OCH3 is 1. The lowest BCUT2D eigenvalue weighted by molar-refractivity contribution is 0.0932. The predicted molar refractivity (Wildman–Crippen MR) is 112 cm³/mol. The molecule has 1 aromatic heterocycles. The molecular formula is C23H25FN4O2. The summed E-state index contributed by atoms with van der Waals surface area (Å²) in [5.41, 5.74) is 1.70. The third kappa shape index (κ3) is 4.36. The SMILES string of the molecule is COc1ccc(C(CNC(=O)c2ccn(-c3ccccc3F)n2)N2CCCC2)cc1. The topological polar surface area (TPSA) is 59.4 Å². The molecule has 0 aliphatic carbocycles. The number of halogens is 1. The smallest absolute Gasteiger partial charge is 0.271 e. The van der Waals surface area contributed by atoms with Gasteiger partial charge in [-0.05, 0) is 61.8 Å². The van der Waals surface area contributed by atoms with Gasteiger partial charge in [-0.15, -0.1) is 0 Å². The van der Waals surface area contributed by atoms with Gasteiger partial charge < -0.3 is 10.1 Å². The number of carbonyl (C=O) groups excluding carboxylic acids is 1. The Bertz CT molecular complexity index is 996. The fourth-order valence-corrected chi connectivity index (χ4v) is 3.83. The Labute approximate surface area is 175 Å². The van der Waals surface area contributed by atoms with Gasteiger partial charge in [0.2, 0.25) is 0 Å². The molecule has 3 aromatic rings. The van der Waals surface area contributed by atoms with Gasteiger partial charge >= 0.3 is 0 Å². The van der Waals surface area contributed by atoms with E-state index in [4.69, 9.17) is 4.74 Å². The summed E-state index contributed by atoms with van der Waals surface area (Å²) in [5, 5.41) is 7.25. The van der Waals surface area contributed by atoms with Crippen molar-refractivity contribution in [2.75, 3.05) is 26.7 Å². The van der Waals surface area contributed by atoms with Crippen LogP contribution in [0.25, 0.3) is 5.69 Å². The van der Waals surface area contributed by atoms with E-state index in [-0.39, 0.29) is 23.5 Å². The van der Waals surface area contributed by atoms with E-state index in [1.165, 1.54) is 10.7 Å². The third-order valence-corrected chi connectivity index (χ3v) is 5.46. The van der Waals surface area contributed by atoms with Gasteiger partial charge in [0.1, 0.15) is 17.3 Å². The number of hydrogen-bond donors (Lipinski definition) is 1. The number of carbonyl (C=O) groups is 1.